The molecular weight excluding hydrogens is 246 g/mol. The third kappa shape index (κ3) is 2.09. The fourth-order valence-electron chi connectivity index (χ4n) is 2.73. The van der Waals surface area contributed by atoms with Crippen LogP contribution in [-0.2, 0) is 4.79 Å². The molecule has 1 aliphatic carbocycles. The van der Waals surface area contributed by atoms with Crippen molar-refractivity contribution in [2.75, 3.05) is 0 Å². The number of carbonyl (C=O) groups is 1. The summed E-state index contributed by atoms with van der Waals surface area (Å²) in [5.41, 5.74) is -0.521. The molecule has 1 fully saturated rings. The second kappa shape index (κ2) is 4.99. The first-order valence-corrected chi connectivity index (χ1v) is 6.48. The number of Topliss-reactive ketones (excluding diaryl/α,β-unsaturated/α-hetero) is 1. The lowest BCUT2D eigenvalue weighted by molar-refractivity contribution is -0.386. The van der Waals surface area contributed by atoms with Crippen LogP contribution in [0.2, 0.25) is 0 Å². The topological polar surface area (TPSA) is 69.4 Å². The van der Waals surface area contributed by atoms with Crippen LogP contribution >= 0.6 is 0 Å². The molecule has 0 radical (unpaired) electrons. The lowest BCUT2D eigenvalue weighted by Gasteiger charge is -2.46. The van der Waals surface area contributed by atoms with Crippen LogP contribution in [0.1, 0.15) is 33.1 Å². The Hall–Kier alpha value is -1.91. The van der Waals surface area contributed by atoms with E-state index in [4.69, 9.17) is 4.74 Å². The minimum Gasteiger partial charge on any atom is -0.482 e. The summed E-state index contributed by atoms with van der Waals surface area (Å²) in [7, 11) is 0. The highest BCUT2D eigenvalue weighted by Gasteiger charge is 2.54. The van der Waals surface area contributed by atoms with Gasteiger partial charge in [-0.1, -0.05) is 26.0 Å². The molecule has 0 aromatic heterocycles. The lowest BCUT2D eigenvalue weighted by atomic mass is 9.61. The van der Waals surface area contributed by atoms with Gasteiger partial charge in [0.05, 0.1) is 10.3 Å². The van der Waals surface area contributed by atoms with Crippen LogP contribution in [0.3, 0.4) is 0 Å². The molecule has 19 heavy (non-hydrogen) atoms. The first-order chi connectivity index (χ1) is 9.05. The highest BCUT2D eigenvalue weighted by atomic mass is 16.6. The fraction of sp³-hybridized carbons (Fsp3) is 0.500. The Morgan fingerprint density at radius 1 is 1.37 bits per heavy atom. The molecular formula is C14H17NO4. The summed E-state index contributed by atoms with van der Waals surface area (Å²) >= 11 is 0. The van der Waals surface area contributed by atoms with Crippen molar-refractivity contribution in [1.82, 2.24) is 0 Å². The maximum atomic E-state index is 11.8. The smallest absolute Gasteiger partial charge is 0.310 e. The van der Waals surface area contributed by atoms with Crippen LogP contribution in [0.4, 0.5) is 5.69 Å². The Bertz CT molecular complexity index is 508. The third-order valence-corrected chi connectivity index (χ3v) is 4.14. The highest BCUT2D eigenvalue weighted by Crippen LogP contribution is 2.46. The summed E-state index contributed by atoms with van der Waals surface area (Å²) in [5.74, 6) is 0.442. The van der Waals surface area contributed by atoms with Gasteiger partial charge in [-0.25, -0.2) is 0 Å². The predicted molar refractivity (Wildman–Crippen MR) is 70.2 cm³/mol. The molecule has 1 aromatic rings. The summed E-state index contributed by atoms with van der Waals surface area (Å²) in [6, 6.07) is 6.29. The van der Waals surface area contributed by atoms with Crippen molar-refractivity contribution >= 4 is 11.5 Å². The number of hydrogen-bond acceptors (Lipinski definition) is 4. The van der Waals surface area contributed by atoms with Crippen molar-refractivity contribution in [2.24, 2.45) is 5.41 Å². The number of hydrogen-bond donors (Lipinski definition) is 0. The molecule has 1 aromatic carbocycles. The molecule has 0 saturated heterocycles. The van der Waals surface area contributed by atoms with Gasteiger partial charge in [-0.05, 0) is 18.9 Å². The van der Waals surface area contributed by atoms with Crippen molar-refractivity contribution in [3.8, 4) is 5.75 Å². The summed E-state index contributed by atoms with van der Waals surface area (Å²) < 4.78 is 5.75. The Morgan fingerprint density at radius 2 is 2.00 bits per heavy atom. The number of para-hydroxylation sites is 2. The normalized spacial score (nSPS) is 20.7. The molecule has 0 N–H and O–H groups in total. The highest BCUT2D eigenvalue weighted by molar-refractivity contribution is 5.92. The van der Waals surface area contributed by atoms with Crippen molar-refractivity contribution in [2.45, 2.75) is 39.2 Å². The number of nitro groups is 1. The van der Waals surface area contributed by atoms with E-state index in [1.807, 2.05) is 13.8 Å². The number of nitrogens with zero attached hydrogens (tertiary/aromatic N) is 1. The summed E-state index contributed by atoms with van der Waals surface area (Å²) in [5, 5.41) is 10.9. The molecule has 0 aliphatic heterocycles. The first-order valence-electron chi connectivity index (χ1n) is 6.48. The molecule has 102 valence electrons. The molecule has 1 unspecified atom stereocenters. The minimum absolute atomic E-state index is 0.0528. The lowest BCUT2D eigenvalue weighted by Crippen LogP contribution is -2.56. The number of benzene rings is 1. The maximum Gasteiger partial charge on any atom is 0.310 e. The molecule has 0 bridgehead atoms. The zero-order valence-electron chi connectivity index (χ0n) is 11.1. The quantitative estimate of drug-likeness (QED) is 0.604. The van der Waals surface area contributed by atoms with E-state index in [9.17, 15) is 14.9 Å². The zero-order valence-corrected chi connectivity index (χ0v) is 11.1. The van der Waals surface area contributed by atoms with Crippen LogP contribution in [-0.4, -0.2) is 16.8 Å². The first kappa shape index (κ1) is 13.5. The van der Waals surface area contributed by atoms with Crippen LogP contribution < -0.4 is 4.74 Å². The number of nitro benzene ring substituents is 1. The third-order valence-electron chi connectivity index (χ3n) is 4.14. The standard InChI is InChI=1S/C14H17NO4/c1-3-14(4-2)12(16)9-13(14)19-11-8-6-5-7-10(11)15(17)18/h5-8,13H,3-4,9H2,1-2H3. The van der Waals surface area contributed by atoms with E-state index < -0.39 is 10.3 Å². The van der Waals surface area contributed by atoms with Gasteiger partial charge in [0, 0.05) is 12.5 Å². The van der Waals surface area contributed by atoms with Gasteiger partial charge in [-0.3, -0.25) is 14.9 Å². The molecule has 0 spiro atoms. The van der Waals surface area contributed by atoms with Gasteiger partial charge < -0.3 is 4.74 Å². The van der Waals surface area contributed by atoms with Crippen molar-refractivity contribution in [3.63, 3.8) is 0 Å². The van der Waals surface area contributed by atoms with Crippen molar-refractivity contribution in [3.05, 3.63) is 34.4 Å². The van der Waals surface area contributed by atoms with E-state index in [-0.39, 0.29) is 23.3 Å². The minimum atomic E-state index is -0.469. The molecule has 1 atom stereocenters. The summed E-state index contributed by atoms with van der Waals surface area (Å²) in [4.78, 5) is 22.3. The Labute approximate surface area is 111 Å². The average Bonchev–Trinajstić information content (AvgIpc) is 2.40. The van der Waals surface area contributed by atoms with E-state index >= 15 is 0 Å². The van der Waals surface area contributed by atoms with Crippen LogP contribution in [0.15, 0.2) is 24.3 Å². The van der Waals surface area contributed by atoms with Crippen LogP contribution in [0.5, 0.6) is 5.75 Å². The van der Waals surface area contributed by atoms with E-state index in [1.165, 1.54) is 6.07 Å². The second-order valence-electron chi connectivity index (χ2n) is 4.82. The number of rotatable bonds is 5. The van der Waals surface area contributed by atoms with Gasteiger partial charge in [0.15, 0.2) is 5.75 Å². The van der Waals surface area contributed by atoms with Crippen LogP contribution in [0, 0.1) is 15.5 Å². The SMILES string of the molecule is CCC1(CC)C(=O)CC1Oc1ccccc1[N+](=O)[O-]. The second-order valence-corrected chi connectivity index (χ2v) is 4.82. The monoisotopic (exact) mass is 263 g/mol. The molecule has 0 amide bonds. The molecule has 0 heterocycles. The molecule has 2 rings (SSSR count). The number of ether oxygens (including phenoxy) is 1. The average molecular weight is 263 g/mol. The van der Waals surface area contributed by atoms with E-state index in [0.717, 1.165) is 0 Å². The summed E-state index contributed by atoms with van der Waals surface area (Å²) in [6.07, 6.45) is 1.49. The van der Waals surface area contributed by atoms with E-state index in [2.05, 4.69) is 0 Å². The molecule has 1 aliphatic rings. The van der Waals surface area contributed by atoms with Gasteiger partial charge in [0.1, 0.15) is 11.9 Å². The fourth-order valence-corrected chi connectivity index (χ4v) is 2.73. The largest absolute Gasteiger partial charge is 0.482 e. The molecule has 1 saturated carbocycles. The van der Waals surface area contributed by atoms with Gasteiger partial charge in [0.25, 0.3) is 0 Å². The number of ketones is 1. The van der Waals surface area contributed by atoms with Gasteiger partial charge in [0.2, 0.25) is 0 Å². The van der Waals surface area contributed by atoms with Crippen LogP contribution in [0.25, 0.3) is 0 Å². The van der Waals surface area contributed by atoms with Gasteiger partial charge >= 0.3 is 5.69 Å². The van der Waals surface area contributed by atoms with Crippen molar-refractivity contribution in [1.29, 1.82) is 0 Å². The Morgan fingerprint density at radius 3 is 2.53 bits per heavy atom. The van der Waals surface area contributed by atoms with E-state index in [0.29, 0.717) is 19.3 Å². The molecule has 5 heteroatoms. The Kier molecular flexibility index (Phi) is 3.55. The predicted octanol–water partition coefficient (Wildman–Crippen LogP) is 3.12. The Balaban J connectivity index is 2.23. The molecule has 5 nitrogen and oxygen atoms in total. The maximum absolute atomic E-state index is 11.8. The van der Waals surface area contributed by atoms with Gasteiger partial charge in [-0.15, -0.1) is 0 Å². The summed E-state index contributed by atoms with van der Waals surface area (Å²) in [6.45, 7) is 3.91. The van der Waals surface area contributed by atoms with Crippen molar-refractivity contribution < 1.29 is 14.5 Å². The van der Waals surface area contributed by atoms with Gasteiger partial charge in [-0.2, -0.15) is 0 Å². The zero-order chi connectivity index (χ0) is 14.0. The van der Waals surface area contributed by atoms with E-state index in [1.54, 1.807) is 18.2 Å². The number of carbonyl (C=O) groups excluding carboxylic acids is 1.